The minimum absolute atomic E-state index is 0.00259. The second kappa shape index (κ2) is 5.87. The van der Waals surface area contributed by atoms with Crippen molar-refractivity contribution in [2.75, 3.05) is 7.11 Å². The standard InChI is InChI=1S/C12H16ClNO2/c1-8(14-9(2)12(15)16-3)10-6-4-5-7-11(10)13/h4-9,14H,1-3H3/t8?,9-/m0/s1. The predicted molar refractivity (Wildman–Crippen MR) is 64.5 cm³/mol. The van der Waals surface area contributed by atoms with E-state index in [1.807, 2.05) is 31.2 Å². The van der Waals surface area contributed by atoms with Crippen LogP contribution in [0.1, 0.15) is 25.5 Å². The highest BCUT2D eigenvalue weighted by Crippen LogP contribution is 2.22. The third-order valence-corrected chi connectivity index (χ3v) is 2.77. The Morgan fingerprint density at radius 3 is 2.56 bits per heavy atom. The number of rotatable bonds is 4. The molecule has 16 heavy (non-hydrogen) atoms. The summed E-state index contributed by atoms with van der Waals surface area (Å²) in [6.45, 7) is 3.72. The number of hydrogen-bond donors (Lipinski definition) is 1. The molecule has 0 aromatic heterocycles. The number of benzene rings is 1. The number of carbonyl (C=O) groups excluding carboxylic acids is 1. The van der Waals surface area contributed by atoms with Crippen LogP contribution < -0.4 is 5.32 Å². The van der Waals surface area contributed by atoms with Crippen molar-refractivity contribution < 1.29 is 9.53 Å². The molecule has 88 valence electrons. The fourth-order valence-corrected chi connectivity index (χ4v) is 1.84. The summed E-state index contributed by atoms with van der Waals surface area (Å²) in [5.74, 6) is -0.279. The monoisotopic (exact) mass is 241 g/mol. The quantitative estimate of drug-likeness (QED) is 0.824. The highest BCUT2D eigenvalue weighted by Gasteiger charge is 2.17. The molecule has 4 heteroatoms. The van der Waals surface area contributed by atoms with E-state index in [2.05, 4.69) is 10.1 Å². The summed E-state index contributed by atoms with van der Waals surface area (Å²) in [6, 6.07) is 7.21. The third kappa shape index (κ3) is 3.22. The molecule has 0 aliphatic carbocycles. The molecule has 0 spiro atoms. The van der Waals surface area contributed by atoms with Crippen LogP contribution in [0, 0.1) is 0 Å². The van der Waals surface area contributed by atoms with Crippen LogP contribution in [0.5, 0.6) is 0 Å². The zero-order valence-corrected chi connectivity index (χ0v) is 10.4. The Kier molecular flexibility index (Phi) is 4.77. The number of esters is 1. The Hall–Kier alpha value is -1.06. The molecule has 0 heterocycles. The lowest BCUT2D eigenvalue weighted by Crippen LogP contribution is -2.36. The number of ether oxygens (including phenoxy) is 1. The van der Waals surface area contributed by atoms with Gasteiger partial charge in [0.1, 0.15) is 6.04 Å². The van der Waals surface area contributed by atoms with Crippen molar-refractivity contribution in [3.8, 4) is 0 Å². The average Bonchev–Trinajstić information content (AvgIpc) is 2.28. The van der Waals surface area contributed by atoms with Crippen molar-refractivity contribution >= 4 is 17.6 Å². The summed E-state index contributed by atoms with van der Waals surface area (Å²) in [7, 11) is 1.38. The lowest BCUT2D eigenvalue weighted by atomic mass is 10.1. The zero-order valence-electron chi connectivity index (χ0n) is 9.66. The van der Waals surface area contributed by atoms with Crippen LogP contribution in [0.4, 0.5) is 0 Å². The zero-order chi connectivity index (χ0) is 12.1. The highest BCUT2D eigenvalue weighted by atomic mass is 35.5. The van der Waals surface area contributed by atoms with Crippen LogP contribution >= 0.6 is 11.6 Å². The lowest BCUT2D eigenvalue weighted by molar-refractivity contribution is -0.142. The van der Waals surface area contributed by atoms with Crippen LogP contribution in [0.3, 0.4) is 0 Å². The summed E-state index contributed by atoms with van der Waals surface area (Å²) in [5, 5.41) is 3.82. The summed E-state index contributed by atoms with van der Waals surface area (Å²) >= 11 is 6.06. The largest absolute Gasteiger partial charge is 0.468 e. The van der Waals surface area contributed by atoms with E-state index in [-0.39, 0.29) is 18.1 Å². The highest BCUT2D eigenvalue weighted by molar-refractivity contribution is 6.31. The van der Waals surface area contributed by atoms with E-state index >= 15 is 0 Å². The normalized spacial score (nSPS) is 14.2. The van der Waals surface area contributed by atoms with E-state index in [1.54, 1.807) is 6.92 Å². The maximum absolute atomic E-state index is 11.2. The van der Waals surface area contributed by atoms with Gasteiger partial charge in [0.15, 0.2) is 0 Å². The second-order valence-corrected chi connectivity index (χ2v) is 4.06. The maximum atomic E-state index is 11.2. The number of carbonyl (C=O) groups is 1. The van der Waals surface area contributed by atoms with Gasteiger partial charge in [-0.15, -0.1) is 0 Å². The van der Waals surface area contributed by atoms with E-state index in [1.165, 1.54) is 7.11 Å². The van der Waals surface area contributed by atoms with Crippen LogP contribution in [0.25, 0.3) is 0 Å². The molecule has 1 N–H and O–H groups in total. The molecule has 0 aliphatic heterocycles. The first-order valence-electron chi connectivity index (χ1n) is 5.14. The minimum Gasteiger partial charge on any atom is -0.468 e. The van der Waals surface area contributed by atoms with Gasteiger partial charge in [0.05, 0.1) is 7.11 Å². The molecule has 2 atom stereocenters. The Morgan fingerprint density at radius 1 is 1.38 bits per heavy atom. The molecular formula is C12H16ClNO2. The molecule has 0 bridgehead atoms. The molecule has 0 radical (unpaired) electrons. The summed E-state index contributed by atoms with van der Waals surface area (Å²) in [6.07, 6.45) is 0. The molecule has 1 rings (SSSR count). The van der Waals surface area contributed by atoms with Crippen molar-refractivity contribution in [3.05, 3.63) is 34.9 Å². The van der Waals surface area contributed by atoms with Gasteiger partial charge in [0.25, 0.3) is 0 Å². The molecule has 1 aromatic rings. The van der Waals surface area contributed by atoms with Gasteiger partial charge in [0, 0.05) is 11.1 Å². The molecule has 0 saturated heterocycles. The summed E-state index contributed by atoms with van der Waals surface area (Å²) in [5.41, 5.74) is 0.972. The van der Waals surface area contributed by atoms with E-state index in [9.17, 15) is 4.79 Å². The SMILES string of the molecule is COC(=O)[C@H](C)NC(C)c1ccccc1Cl. The van der Waals surface area contributed by atoms with Crippen molar-refractivity contribution in [1.82, 2.24) is 5.32 Å². The van der Waals surface area contributed by atoms with Crippen molar-refractivity contribution in [1.29, 1.82) is 0 Å². The maximum Gasteiger partial charge on any atom is 0.322 e. The fourth-order valence-electron chi connectivity index (χ4n) is 1.54. The molecule has 3 nitrogen and oxygen atoms in total. The van der Waals surface area contributed by atoms with Crippen molar-refractivity contribution in [3.63, 3.8) is 0 Å². The van der Waals surface area contributed by atoms with Crippen molar-refractivity contribution in [2.24, 2.45) is 0 Å². The van der Waals surface area contributed by atoms with Crippen molar-refractivity contribution in [2.45, 2.75) is 25.9 Å². The molecule has 0 fully saturated rings. The Balaban J connectivity index is 2.69. The number of methoxy groups -OCH3 is 1. The van der Waals surface area contributed by atoms with Gasteiger partial charge < -0.3 is 4.74 Å². The number of hydrogen-bond acceptors (Lipinski definition) is 3. The summed E-state index contributed by atoms with van der Waals surface area (Å²) < 4.78 is 4.64. The molecule has 0 saturated carbocycles. The molecule has 0 amide bonds. The molecule has 1 unspecified atom stereocenters. The van der Waals surface area contributed by atoms with Gasteiger partial charge in [-0.2, -0.15) is 0 Å². The first-order chi connectivity index (χ1) is 7.56. The first-order valence-corrected chi connectivity index (χ1v) is 5.52. The second-order valence-electron chi connectivity index (χ2n) is 3.65. The van der Waals surface area contributed by atoms with Gasteiger partial charge in [-0.05, 0) is 25.5 Å². The van der Waals surface area contributed by atoms with Crippen LogP contribution in [-0.2, 0) is 9.53 Å². The summed E-state index contributed by atoms with van der Waals surface area (Å²) in [4.78, 5) is 11.2. The third-order valence-electron chi connectivity index (χ3n) is 2.43. The fraction of sp³-hybridized carbons (Fsp3) is 0.417. The minimum atomic E-state index is -0.351. The molecule has 1 aromatic carbocycles. The average molecular weight is 242 g/mol. The van der Waals surface area contributed by atoms with E-state index in [4.69, 9.17) is 11.6 Å². The van der Waals surface area contributed by atoms with Gasteiger partial charge in [-0.1, -0.05) is 29.8 Å². The van der Waals surface area contributed by atoms with Crippen LogP contribution in [0.15, 0.2) is 24.3 Å². The smallest absolute Gasteiger partial charge is 0.322 e. The topological polar surface area (TPSA) is 38.3 Å². The first kappa shape index (κ1) is 13.0. The molecular weight excluding hydrogens is 226 g/mol. The van der Waals surface area contributed by atoms with Crippen LogP contribution in [-0.4, -0.2) is 19.1 Å². The van der Waals surface area contributed by atoms with E-state index in [0.717, 1.165) is 5.56 Å². The molecule has 0 aliphatic rings. The van der Waals surface area contributed by atoms with Gasteiger partial charge in [-0.3, -0.25) is 10.1 Å². The van der Waals surface area contributed by atoms with E-state index in [0.29, 0.717) is 5.02 Å². The van der Waals surface area contributed by atoms with Gasteiger partial charge in [-0.25, -0.2) is 0 Å². The number of halogens is 1. The van der Waals surface area contributed by atoms with Crippen LogP contribution in [0.2, 0.25) is 5.02 Å². The van der Waals surface area contributed by atoms with Gasteiger partial charge in [0.2, 0.25) is 0 Å². The van der Waals surface area contributed by atoms with E-state index < -0.39 is 0 Å². The Bertz CT molecular complexity index is 368. The lowest BCUT2D eigenvalue weighted by Gasteiger charge is -2.19. The Labute approximate surface area is 101 Å². The number of nitrogens with one attached hydrogen (secondary N) is 1. The van der Waals surface area contributed by atoms with Gasteiger partial charge >= 0.3 is 5.97 Å². The predicted octanol–water partition coefficient (Wildman–Crippen LogP) is 2.55. The Morgan fingerprint density at radius 2 is 2.00 bits per heavy atom.